The van der Waals surface area contributed by atoms with Crippen molar-refractivity contribution in [3.63, 3.8) is 0 Å². The molecular formula is C15H21NO3. The van der Waals surface area contributed by atoms with Gasteiger partial charge in [-0.05, 0) is 31.9 Å². The molecule has 1 fully saturated rings. The molecule has 0 saturated carbocycles. The molecule has 2 unspecified atom stereocenters. The van der Waals surface area contributed by atoms with Gasteiger partial charge in [0.25, 0.3) is 0 Å². The number of aliphatic hydroxyl groups is 1. The Morgan fingerprint density at radius 3 is 2.74 bits per heavy atom. The molecule has 1 aliphatic rings. The summed E-state index contributed by atoms with van der Waals surface area (Å²) in [7, 11) is 0. The molecule has 0 radical (unpaired) electrons. The van der Waals surface area contributed by atoms with E-state index >= 15 is 0 Å². The van der Waals surface area contributed by atoms with Crippen molar-refractivity contribution in [3.05, 3.63) is 35.9 Å². The van der Waals surface area contributed by atoms with Crippen molar-refractivity contribution in [1.82, 2.24) is 4.90 Å². The maximum atomic E-state index is 10.9. The van der Waals surface area contributed by atoms with Crippen LogP contribution in [0.4, 0.5) is 0 Å². The van der Waals surface area contributed by atoms with Crippen LogP contribution in [0.3, 0.4) is 0 Å². The summed E-state index contributed by atoms with van der Waals surface area (Å²) in [5, 5.41) is 19.5. The second-order valence-corrected chi connectivity index (χ2v) is 5.41. The van der Waals surface area contributed by atoms with Crippen LogP contribution in [0, 0.1) is 0 Å². The fourth-order valence-electron chi connectivity index (χ4n) is 2.86. The van der Waals surface area contributed by atoms with Crippen molar-refractivity contribution < 1.29 is 15.0 Å². The third kappa shape index (κ3) is 3.33. The average Bonchev–Trinajstić information content (AvgIpc) is 2.36. The second kappa shape index (κ2) is 5.72. The van der Waals surface area contributed by atoms with Gasteiger partial charge < -0.3 is 10.2 Å². The van der Waals surface area contributed by atoms with Crippen LogP contribution in [-0.2, 0) is 11.3 Å². The molecule has 2 N–H and O–H groups in total. The van der Waals surface area contributed by atoms with E-state index in [9.17, 15) is 9.90 Å². The Balaban J connectivity index is 2.07. The summed E-state index contributed by atoms with van der Waals surface area (Å²) in [6.45, 7) is 3.58. The number of hydrogen-bond acceptors (Lipinski definition) is 3. The predicted octanol–water partition coefficient (Wildman–Crippen LogP) is 1.88. The van der Waals surface area contributed by atoms with E-state index in [2.05, 4.69) is 17.0 Å². The summed E-state index contributed by atoms with van der Waals surface area (Å²) < 4.78 is 0. The van der Waals surface area contributed by atoms with Gasteiger partial charge in [0.15, 0.2) is 0 Å². The molecule has 1 aromatic rings. The number of piperidine rings is 1. The van der Waals surface area contributed by atoms with Crippen molar-refractivity contribution in [2.24, 2.45) is 0 Å². The van der Waals surface area contributed by atoms with Crippen LogP contribution in [0.1, 0.15) is 31.7 Å². The first-order valence-corrected chi connectivity index (χ1v) is 6.73. The number of carboxylic acid groups (broad SMARTS) is 1. The van der Waals surface area contributed by atoms with Gasteiger partial charge in [-0.2, -0.15) is 0 Å². The smallest absolute Gasteiger partial charge is 0.306 e. The van der Waals surface area contributed by atoms with Gasteiger partial charge in [0, 0.05) is 12.6 Å². The molecule has 0 bridgehead atoms. The molecule has 19 heavy (non-hydrogen) atoms. The van der Waals surface area contributed by atoms with Crippen LogP contribution in [0.15, 0.2) is 30.3 Å². The maximum Gasteiger partial charge on any atom is 0.306 e. The van der Waals surface area contributed by atoms with Gasteiger partial charge in [-0.25, -0.2) is 0 Å². The maximum absolute atomic E-state index is 10.9. The lowest BCUT2D eigenvalue weighted by Gasteiger charge is -2.44. The molecule has 1 aliphatic heterocycles. The van der Waals surface area contributed by atoms with Crippen molar-refractivity contribution in [2.75, 3.05) is 6.54 Å². The molecule has 1 heterocycles. The van der Waals surface area contributed by atoms with Crippen LogP contribution in [0.5, 0.6) is 0 Å². The van der Waals surface area contributed by atoms with Gasteiger partial charge in [0.05, 0.1) is 12.0 Å². The van der Waals surface area contributed by atoms with Crippen molar-refractivity contribution >= 4 is 5.97 Å². The van der Waals surface area contributed by atoms with Gasteiger partial charge >= 0.3 is 5.97 Å². The van der Waals surface area contributed by atoms with Gasteiger partial charge in [-0.15, -0.1) is 0 Å². The van der Waals surface area contributed by atoms with Crippen molar-refractivity contribution in [3.8, 4) is 0 Å². The van der Waals surface area contributed by atoms with E-state index in [1.807, 2.05) is 25.1 Å². The monoisotopic (exact) mass is 263 g/mol. The number of benzene rings is 1. The second-order valence-electron chi connectivity index (χ2n) is 5.41. The molecule has 0 spiro atoms. The molecule has 4 nitrogen and oxygen atoms in total. The van der Waals surface area contributed by atoms with E-state index in [4.69, 9.17) is 5.11 Å². The van der Waals surface area contributed by atoms with Gasteiger partial charge in [0.2, 0.25) is 0 Å². The summed E-state index contributed by atoms with van der Waals surface area (Å²) in [6, 6.07) is 9.93. The average molecular weight is 263 g/mol. The van der Waals surface area contributed by atoms with Crippen LogP contribution in [0.2, 0.25) is 0 Å². The van der Waals surface area contributed by atoms with Crippen LogP contribution in [-0.4, -0.2) is 39.3 Å². The van der Waals surface area contributed by atoms with E-state index in [0.29, 0.717) is 6.42 Å². The molecule has 4 heteroatoms. The number of carbonyl (C=O) groups is 1. The molecule has 1 aromatic carbocycles. The first kappa shape index (κ1) is 14.0. The molecule has 104 valence electrons. The SMILES string of the molecule is CC1N(Cc2ccccc2)CCCC1(O)CC(=O)O. The molecule has 0 aromatic heterocycles. The Labute approximate surface area is 113 Å². The molecular weight excluding hydrogens is 242 g/mol. The minimum absolute atomic E-state index is 0.141. The Morgan fingerprint density at radius 1 is 1.42 bits per heavy atom. The lowest BCUT2D eigenvalue weighted by molar-refractivity contribution is -0.149. The minimum atomic E-state index is -1.11. The number of rotatable bonds is 4. The number of aliphatic carboxylic acids is 1. The number of carboxylic acids is 1. The standard InChI is InChI=1S/C15H21NO3/c1-12-15(19,10-14(17)18)8-5-9-16(12)11-13-6-3-2-4-7-13/h2-4,6-7,12,19H,5,8-11H2,1H3,(H,17,18). The van der Waals surface area contributed by atoms with Crippen molar-refractivity contribution in [1.29, 1.82) is 0 Å². The third-order valence-corrected chi connectivity index (χ3v) is 4.07. The number of hydrogen-bond donors (Lipinski definition) is 2. The van der Waals surface area contributed by atoms with E-state index in [1.165, 1.54) is 5.56 Å². The first-order chi connectivity index (χ1) is 9.01. The fraction of sp³-hybridized carbons (Fsp3) is 0.533. The molecule has 2 rings (SSSR count). The predicted molar refractivity (Wildman–Crippen MR) is 72.8 cm³/mol. The number of nitrogens with zero attached hydrogens (tertiary/aromatic N) is 1. The van der Waals surface area contributed by atoms with Gasteiger partial charge in [-0.1, -0.05) is 30.3 Å². The fourth-order valence-corrected chi connectivity index (χ4v) is 2.86. The summed E-state index contributed by atoms with van der Waals surface area (Å²) in [4.78, 5) is 13.1. The zero-order chi connectivity index (χ0) is 13.9. The van der Waals surface area contributed by atoms with Crippen LogP contribution >= 0.6 is 0 Å². The van der Waals surface area contributed by atoms with E-state index in [0.717, 1.165) is 19.5 Å². The molecule has 2 atom stereocenters. The highest BCUT2D eigenvalue weighted by Crippen LogP contribution is 2.31. The topological polar surface area (TPSA) is 60.8 Å². The van der Waals surface area contributed by atoms with E-state index < -0.39 is 11.6 Å². The summed E-state index contributed by atoms with van der Waals surface area (Å²) in [5.74, 6) is -0.934. The highest BCUT2D eigenvalue weighted by Gasteiger charge is 2.41. The molecule has 1 saturated heterocycles. The van der Waals surface area contributed by atoms with Gasteiger partial charge in [-0.3, -0.25) is 9.69 Å². The Kier molecular flexibility index (Phi) is 4.22. The Bertz CT molecular complexity index is 434. The van der Waals surface area contributed by atoms with E-state index in [-0.39, 0.29) is 12.5 Å². The Hall–Kier alpha value is -1.39. The zero-order valence-electron chi connectivity index (χ0n) is 11.2. The quantitative estimate of drug-likeness (QED) is 0.870. The Morgan fingerprint density at radius 2 is 2.11 bits per heavy atom. The first-order valence-electron chi connectivity index (χ1n) is 6.73. The summed E-state index contributed by atoms with van der Waals surface area (Å²) in [6.07, 6.45) is 1.21. The molecule has 0 amide bonds. The van der Waals surface area contributed by atoms with Gasteiger partial charge in [0.1, 0.15) is 0 Å². The van der Waals surface area contributed by atoms with E-state index in [1.54, 1.807) is 0 Å². The summed E-state index contributed by atoms with van der Waals surface area (Å²) >= 11 is 0. The van der Waals surface area contributed by atoms with Crippen LogP contribution in [0.25, 0.3) is 0 Å². The minimum Gasteiger partial charge on any atom is -0.481 e. The molecule has 0 aliphatic carbocycles. The lowest BCUT2D eigenvalue weighted by Crippen LogP contribution is -2.55. The largest absolute Gasteiger partial charge is 0.481 e. The number of likely N-dealkylation sites (tertiary alicyclic amines) is 1. The highest BCUT2D eigenvalue weighted by molar-refractivity contribution is 5.68. The van der Waals surface area contributed by atoms with Crippen molar-refractivity contribution in [2.45, 2.75) is 44.4 Å². The normalized spacial score (nSPS) is 28.2. The highest BCUT2D eigenvalue weighted by atomic mass is 16.4. The zero-order valence-corrected chi connectivity index (χ0v) is 11.2. The summed E-state index contributed by atoms with van der Waals surface area (Å²) in [5.41, 5.74) is 0.0766. The lowest BCUT2D eigenvalue weighted by atomic mass is 9.82. The van der Waals surface area contributed by atoms with Crippen LogP contribution < -0.4 is 0 Å². The third-order valence-electron chi connectivity index (χ3n) is 4.07.